The summed E-state index contributed by atoms with van der Waals surface area (Å²) in [4.78, 5) is 11.4. The highest BCUT2D eigenvalue weighted by molar-refractivity contribution is 7.10. The first-order valence-corrected chi connectivity index (χ1v) is 9.70. The Kier molecular flexibility index (Phi) is 12.6. The monoisotopic (exact) mass is 384 g/mol. The largest absolute Gasteiger partial charge is 0.356 e. The van der Waals surface area contributed by atoms with E-state index in [1.165, 1.54) is 0 Å². The van der Waals surface area contributed by atoms with Crippen molar-refractivity contribution in [2.45, 2.75) is 34.6 Å². The molecule has 0 radical (unpaired) electrons. The smallest absolute Gasteiger partial charge is 0.278 e. The Morgan fingerprint density at radius 2 is 1.78 bits per heavy atom. The van der Waals surface area contributed by atoms with E-state index in [1.54, 1.807) is 6.08 Å². The van der Waals surface area contributed by atoms with Crippen molar-refractivity contribution in [2.24, 2.45) is 0 Å². The Hall–Kier alpha value is -3.04. The van der Waals surface area contributed by atoms with Crippen molar-refractivity contribution in [3.8, 4) is 6.07 Å². The van der Waals surface area contributed by atoms with E-state index >= 15 is 0 Å². The van der Waals surface area contributed by atoms with E-state index < -0.39 is 0 Å². The fraction of sp³-hybridized carbons (Fsp3) is 0.238. The lowest BCUT2D eigenvalue weighted by atomic mass is 10.2. The van der Waals surface area contributed by atoms with Crippen molar-refractivity contribution in [1.29, 1.82) is 5.26 Å². The molecule has 0 saturated carbocycles. The molecule has 144 valence electrons. The van der Waals surface area contributed by atoms with E-state index in [2.05, 4.69) is 21.6 Å². The molecule has 3 N–H and O–H groups in total. The first-order valence-electron chi connectivity index (χ1n) is 8.89. The summed E-state index contributed by atoms with van der Waals surface area (Å²) < 4.78 is 2.54. The topological polar surface area (TPSA) is 80.7 Å². The fourth-order valence-corrected chi connectivity index (χ4v) is 2.58. The summed E-state index contributed by atoms with van der Waals surface area (Å²) in [5, 5.41) is 15.8. The first-order chi connectivity index (χ1) is 13.2. The number of aromatic nitrogens is 1. The molecule has 0 aliphatic heterocycles. The van der Waals surface area contributed by atoms with E-state index in [0.29, 0.717) is 5.00 Å². The number of nitriles is 1. The predicted octanol–water partition coefficient (Wildman–Crippen LogP) is 6.16. The highest BCUT2D eigenvalue weighted by Crippen LogP contribution is 2.23. The molecule has 0 spiro atoms. The van der Waals surface area contributed by atoms with E-state index in [0.717, 1.165) is 28.6 Å². The van der Waals surface area contributed by atoms with Gasteiger partial charge >= 0.3 is 0 Å². The molecule has 27 heavy (non-hydrogen) atoms. The summed E-state index contributed by atoms with van der Waals surface area (Å²) in [6.07, 6.45) is 7.48. The van der Waals surface area contributed by atoms with Gasteiger partial charge < -0.3 is 10.6 Å². The number of nitrogens with one attached hydrogen (secondary N) is 3. The van der Waals surface area contributed by atoms with Gasteiger partial charge in [0.1, 0.15) is 11.1 Å². The van der Waals surface area contributed by atoms with Crippen LogP contribution < -0.4 is 16.2 Å². The Bertz CT molecular complexity index is 836. The maximum atomic E-state index is 11.4. The van der Waals surface area contributed by atoms with E-state index in [4.69, 9.17) is 5.26 Å². The zero-order valence-electron chi connectivity index (χ0n) is 16.6. The summed E-state index contributed by atoms with van der Waals surface area (Å²) in [5.41, 5.74) is 2.37. The van der Waals surface area contributed by atoms with Gasteiger partial charge in [-0.15, -0.1) is 0 Å². The number of rotatable bonds is 6. The van der Waals surface area contributed by atoms with Crippen LogP contribution in [0.5, 0.6) is 0 Å². The second-order valence-corrected chi connectivity index (χ2v) is 5.35. The molecule has 6 heteroatoms. The third-order valence-corrected chi connectivity index (χ3v) is 3.68. The number of hydrogen-bond acceptors (Lipinski definition) is 5. The van der Waals surface area contributed by atoms with Gasteiger partial charge in [0.2, 0.25) is 0 Å². The average Bonchev–Trinajstić information content (AvgIpc) is 3.06. The van der Waals surface area contributed by atoms with Gasteiger partial charge in [-0.1, -0.05) is 46.4 Å². The van der Waals surface area contributed by atoms with Crippen LogP contribution in [0.15, 0.2) is 65.6 Å². The number of nitrogens with zero attached hydrogens (tertiary/aromatic N) is 1. The standard InChI is InChI=1S/C17H16N4OS.2C2H6/c1-3-5-12(6-4-2)19-13-7-9-14(10-8-13)20-17-15(11-18)16(22)21-23-17;2*1-2/h3-10,19-20H,1H2,2H3,(H,21,22);2*1-2H3/b6-4-,12-5+;;. The summed E-state index contributed by atoms with van der Waals surface area (Å²) in [5.74, 6) is 0. The second-order valence-electron chi connectivity index (χ2n) is 4.53. The van der Waals surface area contributed by atoms with Crippen molar-refractivity contribution in [1.82, 2.24) is 4.37 Å². The van der Waals surface area contributed by atoms with Crippen molar-refractivity contribution >= 4 is 27.9 Å². The minimum atomic E-state index is -0.371. The third kappa shape index (κ3) is 7.80. The Morgan fingerprint density at radius 3 is 2.30 bits per heavy atom. The van der Waals surface area contributed by atoms with Gasteiger partial charge in [0.05, 0.1) is 0 Å². The molecule has 0 amide bonds. The van der Waals surface area contributed by atoms with Crippen molar-refractivity contribution in [2.75, 3.05) is 10.6 Å². The molecule has 1 aromatic heterocycles. The lowest BCUT2D eigenvalue weighted by molar-refractivity contribution is 1.38. The highest BCUT2D eigenvalue weighted by Gasteiger charge is 2.09. The fourth-order valence-electron chi connectivity index (χ4n) is 1.87. The number of anilines is 3. The molecule has 0 saturated heterocycles. The van der Waals surface area contributed by atoms with Gasteiger partial charge in [-0.3, -0.25) is 9.17 Å². The third-order valence-electron chi connectivity index (χ3n) is 2.89. The number of aromatic amines is 1. The summed E-state index contributed by atoms with van der Waals surface area (Å²) in [6.45, 7) is 13.6. The van der Waals surface area contributed by atoms with Crippen LogP contribution >= 0.6 is 11.5 Å². The maximum absolute atomic E-state index is 11.4. The van der Waals surface area contributed by atoms with Crippen LogP contribution in [0.25, 0.3) is 0 Å². The van der Waals surface area contributed by atoms with Crippen LogP contribution in [0, 0.1) is 11.3 Å². The number of hydrogen-bond donors (Lipinski definition) is 3. The van der Waals surface area contributed by atoms with Gasteiger partial charge in [-0.05, 0) is 54.9 Å². The van der Waals surface area contributed by atoms with Gasteiger partial charge in [-0.25, -0.2) is 0 Å². The van der Waals surface area contributed by atoms with E-state index in [1.807, 2.05) is 83.2 Å². The quantitative estimate of drug-likeness (QED) is 0.521. The van der Waals surface area contributed by atoms with E-state index in [-0.39, 0.29) is 11.1 Å². The molecule has 1 heterocycles. The molecule has 0 fully saturated rings. The predicted molar refractivity (Wildman–Crippen MR) is 119 cm³/mol. The molecule has 0 bridgehead atoms. The van der Waals surface area contributed by atoms with Crippen molar-refractivity contribution in [3.05, 3.63) is 76.8 Å². The van der Waals surface area contributed by atoms with Gasteiger partial charge in [0.15, 0.2) is 5.56 Å². The number of allylic oxidation sites excluding steroid dienone is 4. The zero-order valence-corrected chi connectivity index (χ0v) is 17.4. The molecule has 2 rings (SSSR count). The molecule has 0 aliphatic rings. The Morgan fingerprint density at radius 1 is 1.19 bits per heavy atom. The molecule has 2 aromatic rings. The van der Waals surface area contributed by atoms with Crippen LogP contribution in [0.2, 0.25) is 0 Å². The zero-order chi connectivity index (χ0) is 20.7. The summed E-state index contributed by atoms with van der Waals surface area (Å²) >= 11 is 1.11. The lowest BCUT2D eigenvalue weighted by Crippen LogP contribution is -2.02. The Balaban J connectivity index is 0.00000158. The van der Waals surface area contributed by atoms with Crippen LogP contribution in [0.4, 0.5) is 16.4 Å². The summed E-state index contributed by atoms with van der Waals surface area (Å²) in [7, 11) is 0. The minimum absolute atomic E-state index is 0.0986. The average molecular weight is 385 g/mol. The first kappa shape index (κ1) is 24.0. The van der Waals surface area contributed by atoms with Gasteiger partial charge in [-0.2, -0.15) is 5.26 Å². The SMILES string of the molecule is C=C/C=C(\C=C/C)Nc1ccc(Nc2s[nH]c(=O)c2C#N)cc1.CC.CC. The van der Waals surface area contributed by atoms with Crippen LogP contribution in [-0.4, -0.2) is 4.37 Å². The van der Waals surface area contributed by atoms with Crippen LogP contribution in [0.3, 0.4) is 0 Å². The summed E-state index contributed by atoms with van der Waals surface area (Å²) in [6, 6.07) is 9.45. The lowest BCUT2D eigenvalue weighted by Gasteiger charge is -2.09. The number of H-pyrrole nitrogens is 1. The number of benzene rings is 1. The van der Waals surface area contributed by atoms with Crippen LogP contribution in [-0.2, 0) is 0 Å². The van der Waals surface area contributed by atoms with Crippen molar-refractivity contribution < 1.29 is 0 Å². The molecule has 5 nitrogen and oxygen atoms in total. The maximum Gasteiger partial charge on any atom is 0.278 e. The molecule has 0 aliphatic carbocycles. The molecule has 0 atom stereocenters. The molecular formula is C21H28N4OS. The van der Waals surface area contributed by atoms with Crippen molar-refractivity contribution in [3.63, 3.8) is 0 Å². The normalized spacial score (nSPS) is 10.0. The molecular weight excluding hydrogens is 356 g/mol. The van der Waals surface area contributed by atoms with Gasteiger partial charge in [0.25, 0.3) is 5.56 Å². The highest BCUT2D eigenvalue weighted by atomic mass is 32.1. The molecule has 0 unspecified atom stereocenters. The minimum Gasteiger partial charge on any atom is -0.356 e. The van der Waals surface area contributed by atoms with Gasteiger partial charge in [0, 0.05) is 17.1 Å². The van der Waals surface area contributed by atoms with E-state index in [9.17, 15) is 4.79 Å². The second kappa shape index (κ2) is 14.2. The molecule has 1 aromatic carbocycles. The Labute approximate surface area is 165 Å². The van der Waals surface area contributed by atoms with Crippen LogP contribution in [0.1, 0.15) is 40.2 Å².